The number of benzene rings is 1. The number of carbonyl (C=O) groups excluding carboxylic acids is 2. The normalized spacial score (nSPS) is 13.2. The van der Waals surface area contributed by atoms with E-state index in [1.54, 1.807) is 0 Å². The zero-order chi connectivity index (χ0) is 17.7. The number of rotatable bonds is 8. The highest BCUT2D eigenvalue weighted by atomic mass is 35.5. The molecule has 0 fully saturated rings. The first-order chi connectivity index (χ1) is 11.5. The van der Waals surface area contributed by atoms with Gasteiger partial charge in [-0.3, -0.25) is 9.59 Å². The number of anilines is 1. The molecule has 1 aliphatic rings. The van der Waals surface area contributed by atoms with Crippen LogP contribution in [0.25, 0.3) is 0 Å². The minimum atomic E-state index is -0.554. The van der Waals surface area contributed by atoms with Gasteiger partial charge in [0.2, 0.25) is 0 Å². The third-order valence-corrected chi connectivity index (χ3v) is 4.47. The molecule has 130 valence electrons. The smallest absolute Gasteiger partial charge is 0.190 e. The predicted octanol–water partition coefficient (Wildman–Crippen LogP) is 4.46. The van der Waals surface area contributed by atoms with Crippen LogP contribution in [0, 0.1) is 0 Å². The van der Waals surface area contributed by atoms with Crippen molar-refractivity contribution in [1.82, 2.24) is 0 Å². The summed E-state index contributed by atoms with van der Waals surface area (Å²) in [5.74, 6) is -1.95. The summed E-state index contributed by atoms with van der Waals surface area (Å²) in [4.78, 5) is 23.8. The number of phenolic OH excluding ortho intramolecular Hbond substituents is 2. The maximum atomic E-state index is 12.0. The lowest BCUT2D eigenvalue weighted by molar-refractivity contribution is 0.0989. The van der Waals surface area contributed by atoms with Crippen molar-refractivity contribution in [3.63, 3.8) is 0 Å². The minimum Gasteiger partial charge on any atom is -0.505 e. The Morgan fingerprint density at radius 2 is 1.46 bits per heavy atom. The van der Waals surface area contributed by atoms with Crippen LogP contribution in [0.1, 0.15) is 66.2 Å². The maximum Gasteiger partial charge on any atom is 0.190 e. The number of aromatic hydroxyl groups is 2. The molecule has 0 spiro atoms. The van der Waals surface area contributed by atoms with Gasteiger partial charge in [-0.2, -0.15) is 0 Å². The maximum absolute atomic E-state index is 12.0. The highest BCUT2D eigenvalue weighted by Gasteiger charge is 2.31. The zero-order valence-electron chi connectivity index (χ0n) is 13.7. The van der Waals surface area contributed by atoms with E-state index in [4.69, 9.17) is 11.6 Å². The second-order valence-corrected chi connectivity index (χ2v) is 6.27. The van der Waals surface area contributed by atoms with Crippen LogP contribution in [-0.4, -0.2) is 28.3 Å². The summed E-state index contributed by atoms with van der Waals surface area (Å²) in [6, 6.07) is 0. The van der Waals surface area contributed by atoms with Gasteiger partial charge in [0, 0.05) is 6.54 Å². The number of ketones is 2. The molecule has 1 aromatic rings. The molecule has 1 aromatic carbocycles. The van der Waals surface area contributed by atoms with Gasteiger partial charge < -0.3 is 15.5 Å². The van der Waals surface area contributed by atoms with E-state index in [1.807, 2.05) is 0 Å². The summed E-state index contributed by atoms with van der Waals surface area (Å²) < 4.78 is 0. The molecule has 3 N–H and O–H groups in total. The van der Waals surface area contributed by atoms with Gasteiger partial charge in [0.15, 0.2) is 17.3 Å². The first-order valence-electron chi connectivity index (χ1n) is 8.27. The van der Waals surface area contributed by atoms with Crippen molar-refractivity contribution in [3.05, 3.63) is 28.3 Å². The number of fused-ring (bicyclic) bond motifs is 1. The molecule has 1 aliphatic carbocycles. The first-order valence-corrected chi connectivity index (χ1v) is 8.64. The number of carbonyl (C=O) groups is 2. The number of hydrogen-bond donors (Lipinski definition) is 3. The summed E-state index contributed by atoms with van der Waals surface area (Å²) >= 11 is 6.07. The first kappa shape index (κ1) is 18.3. The van der Waals surface area contributed by atoms with Gasteiger partial charge in [-0.1, -0.05) is 50.6 Å². The number of halogens is 1. The van der Waals surface area contributed by atoms with Gasteiger partial charge in [0.25, 0.3) is 0 Å². The van der Waals surface area contributed by atoms with E-state index in [1.165, 1.54) is 19.3 Å². The standard InChI is InChI=1S/C18H22ClNO4/c1-2-3-4-5-6-7-10-20-16-15(19)17(23)13-11(21)8-9-12(22)14(13)18(16)24/h8-9,20,23-24H,2-7,10H2,1H3. The van der Waals surface area contributed by atoms with Crippen LogP contribution in [0.2, 0.25) is 5.02 Å². The molecular weight excluding hydrogens is 330 g/mol. The number of allylic oxidation sites excluding steroid dienone is 2. The fraction of sp³-hybridized carbons (Fsp3) is 0.444. The molecule has 0 bridgehead atoms. The van der Waals surface area contributed by atoms with Crippen molar-refractivity contribution >= 4 is 28.9 Å². The van der Waals surface area contributed by atoms with Crippen LogP contribution in [0.5, 0.6) is 11.5 Å². The second kappa shape index (κ2) is 8.20. The third kappa shape index (κ3) is 3.73. The summed E-state index contributed by atoms with van der Waals surface area (Å²) in [5, 5.41) is 23.3. The van der Waals surface area contributed by atoms with E-state index in [-0.39, 0.29) is 27.6 Å². The Balaban J connectivity index is 2.12. The molecule has 0 saturated carbocycles. The number of unbranched alkanes of at least 4 members (excludes halogenated alkanes) is 5. The second-order valence-electron chi connectivity index (χ2n) is 5.89. The van der Waals surface area contributed by atoms with Gasteiger partial charge in [-0.25, -0.2) is 0 Å². The molecule has 0 saturated heterocycles. The van der Waals surface area contributed by atoms with Gasteiger partial charge in [0.05, 0.1) is 11.1 Å². The Morgan fingerprint density at radius 1 is 0.917 bits per heavy atom. The summed E-state index contributed by atoms with van der Waals surface area (Å²) in [6.07, 6.45) is 8.82. The molecule has 0 unspecified atom stereocenters. The van der Waals surface area contributed by atoms with E-state index < -0.39 is 17.3 Å². The molecule has 0 atom stereocenters. The number of phenols is 2. The lowest BCUT2D eigenvalue weighted by Crippen LogP contribution is -2.14. The van der Waals surface area contributed by atoms with Crippen LogP contribution < -0.4 is 5.32 Å². The Kier molecular flexibility index (Phi) is 6.26. The molecule has 5 nitrogen and oxygen atoms in total. The summed E-state index contributed by atoms with van der Waals surface area (Å²) in [6.45, 7) is 2.71. The number of hydrogen-bond acceptors (Lipinski definition) is 5. The molecule has 24 heavy (non-hydrogen) atoms. The van der Waals surface area contributed by atoms with E-state index in [0.29, 0.717) is 6.54 Å². The van der Waals surface area contributed by atoms with Crippen molar-refractivity contribution in [3.8, 4) is 11.5 Å². The van der Waals surface area contributed by atoms with Crippen molar-refractivity contribution in [2.24, 2.45) is 0 Å². The van der Waals surface area contributed by atoms with E-state index in [0.717, 1.165) is 31.4 Å². The van der Waals surface area contributed by atoms with E-state index in [9.17, 15) is 19.8 Å². The van der Waals surface area contributed by atoms with Crippen LogP contribution >= 0.6 is 11.6 Å². The fourth-order valence-corrected chi connectivity index (χ4v) is 3.02. The third-order valence-electron chi connectivity index (χ3n) is 4.10. The van der Waals surface area contributed by atoms with E-state index >= 15 is 0 Å². The molecule has 6 heteroatoms. The SMILES string of the molecule is CCCCCCCCNc1c(O)c2c(c(O)c1Cl)C(=O)C=CC2=O. The minimum absolute atomic E-state index is 0.0953. The average Bonchev–Trinajstić information content (AvgIpc) is 2.56. The Labute approximate surface area is 146 Å². The molecule has 0 aromatic heterocycles. The molecular formula is C18H22ClNO4. The van der Waals surface area contributed by atoms with Gasteiger partial charge in [-0.05, 0) is 18.6 Å². The van der Waals surface area contributed by atoms with E-state index in [2.05, 4.69) is 12.2 Å². The molecule has 0 heterocycles. The molecule has 0 amide bonds. The van der Waals surface area contributed by atoms with Crippen molar-refractivity contribution in [1.29, 1.82) is 0 Å². The highest BCUT2D eigenvalue weighted by Crippen LogP contribution is 2.46. The van der Waals surface area contributed by atoms with Crippen LogP contribution in [0.4, 0.5) is 5.69 Å². The van der Waals surface area contributed by atoms with Crippen LogP contribution in [0.15, 0.2) is 12.2 Å². The quantitative estimate of drug-likeness (QED) is 0.365. The van der Waals surface area contributed by atoms with Gasteiger partial charge in [0.1, 0.15) is 16.5 Å². The average molecular weight is 352 g/mol. The van der Waals surface area contributed by atoms with Crippen molar-refractivity contribution < 1.29 is 19.8 Å². The van der Waals surface area contributed by atoms with Gasteiger partial charge >= 0.3 is 0 Å². The molecule has 0 aliphatic heterocycles. The number of nitrogens with one attached hydrogen (secondary N) is 1. The lowest BCUT2D eigenvalue weighted by atomic mass is 9.92. The molecule has 0 radical (unpaired) electrons. The zero-order valence-corrected chi connectivity index (χ0v) is 14.4. The molecule has 2 rings (SSSR count). The Bertz CT molecular complexity index is 682. The fourth-order valence-electron chi connectivity index (χ4n) is 2.77. The Morgan fingerprint density at radius 3 is 2.08 bits per heavy atom. The van der Waals surface area contributed by atoms with Crippen molar-refractivity contribution in [2.45, 2.75) is 45.4 Å². The van der Waals surface area contributed by atoms with Gasteiger partial charge in [-0.15, -0.1) is 0 Å². The van der Waals surface area contributed by atoms with Crippen LogP contribution in [-0.2, 0) is 0 Å². The summed E-state index contributed by atoms with van der Waals surface area (Å²) in [5.41, 5.74) is -0.345. The monoisotopic (exact) mass is 351 g/mol. The largest absolute Gasteiger partial charge is 0.505 e. The summed E-state index contributed by atoms with van der Waals surface area (Å²) in [7, 11) is 0. The Hall–Kier alpha value is -2.01. The highest BCUT2D eigenvalue weighted by molar-refractivity contribution is 6.37. The topological polar surface area (TPSA) is 86.6 Å². The predicted molar refractivity (Wildman–Crippen MR) is 94.4 cm³/mol. The lowest BCUT2D eigenvalue weighted by Gasteiger charge is -2.18. The van der Waals surface area contributed by atoms with Crippen LogP contribution in [0.3, 0.4) is 0 Å². The van der Waals surface area contributed by atoms with Crippen molar-refractivity contribution in [2.75, 3.05) is 11.9 Å².